The predicted molar refractivity (Wildman–Crippen MR) is 112 cm³/mol. The number of allylic oxidation sites excluding steroid dienone is 3. The average molecular weight is 395 g/mol. The van der Waals surface area contributed by atoms with E-state index in [1.165, 1.54) is 43.2 Å². The van der Waals surface area contributed by atoms with Crippen molar-refractivity contribution in [1.29, 1.82) is 0 Å². The zero-order valence-corrected chi connectivity index (χ0v) is 17.7. The highest BCUT2D eigenvalue weighted by Crippen LogP contribution is 2.45. The van der Waals surface area contributed by atoms with Gasteiger partial charge in [0.15, 0.2) is 0 Å². The van der Waals surface area contributed by atoms with Crippen LogP contribution in [0.15, 0.2) is 52.7 Å². The van der Waals surface area contributed by atoms with E-state index in [9.17, 15) is 0 Å². The lowest BCUT2D eigenvalue weighted by molar-refractivity contribution is 0.334. The van der Waals surface area contributed by atoms with Crippen LogP contribution in [0.2, 0.25) is 0 Å². The smallest absolute Gasteiger partial charge is 0.0849 e. The Balaban J connectivity index is 0.000000650. The number of aliphatic hydroxyl groups excluding tert-OH is 1. The summed E-state index contributed by atoms with van der Waals surface area (Å²) in [6.07, 6.45) is 9.36. The third kappa shape index (κ3) is 6.84. The first kappa shape index (κ1) is 23.0. The van der Waals surface area contributed by atoms with Crippen molar-refractivity contribution in [3.8, 4) is 0 Å². The van der Waals surface area contributed by atoms with Crippen LogP contribution in [0, 0.1) is 0 Å². The number of benzene rings is 1. The van der Waals surface area contributed by atoms with E-state index in [2.05, 4.69) is 53.7 Å². The van der Waals surface area contributed by atoms with E-state index < -0.39 is 0 Å². The topological polar surface area (TPSA) is 20.2 Å². The Morgan fingerprint density at radius 1 is 1.17 bits per heavy atom. The van der Waals surface area contributed by atoms with Crippen molar-refractivity contribution in [3.05, 3.63) is 58.3 Å². The van der Waals surface area contributed by atoms with Gasteiger partial charge in [-0.15, -0.1) is 0 Å². The largest absolute Gasteiger partial charge is 0.513 e. The normalized spacial score (nSPS) is 16.2. The summed E-state index contributed by atoms with van der Waals surface area (Å²) < 4.78 is 1.16. The molecule has 0 heterocycles. The fourth-order valence-corrected chi connectivity index (χ4v) is 3.37. The summed E-state index contributed by atoms with van der Waals surface area (Å²) in [5.41, 5.74) is 3.14. The molecule has 0 spiro atoms. The Kier molecular flexibility index (Phi) is 11.8. The number of rotatable bonds is 3. The van der Waals surface area contributed by atoms with Crippen molar-refractivity contribution in [2.75, 3.05) is 0 Å². The van der Waals surface area contributed by atoms with Crippen molar-refractivity contribution >= 4 is 15.9 Å². The van der Waals surface area contributed by atoms with Gasteiger partial charge in [0.25, 0.3) is 0 Å². The highest BCUT2D eigenvalue weighted by molar-refractivity contribution is 9.10. The van der Waals surface area contributed by atoms with E-state index in [0.29, 0.717) is 5.76 Å². The minimum Gasteiger partial charge on any atom is -0.513 e. The summed E-state index contributed by atoms with van der Waals surface area (Å²) in [5, 5.41) is 8.22. The molecule has 1 nitrogen and oxygen atoms in total. The van der Waals surface area contributed by atoms with Gasteiger partial charge < -0.3 is 5.11 Å². The SMILES string of the molecule is C/C=C(\C)O.C=C(CC)C1(c2ccc(Br)cc2)CCCCC1.CC. The fraction of sp³-hybridized carbons (Fsp3) is 0.545. The zero-order valence-electron chi connectivity index (χ0n) is 16.2. The molecule has 136 valence electrons. The standard InChI is InChI=1S/C16H21Br.C4H8O.C2H6/c1-3-13(2)16(11-5-4-6-12-16)14-7-9-15(17)10-8-14;1-3-4(2)5;1-2/h7-10H,2-6,11-12H2,1H3;3,5H,1-2H3;1-2H3/b;4-3+;. The highest BCUT2D eigenvalue weighted by atomic mass is 79.9. The molecule has 1 aliphatic carbocycles. The molecule has 0 unspecified atom stereocenters. The first-order valence-corrected chi connectivity index (χ1v) is 10.0. The van der Waals surface area contributed by atoms with Crippen molar-refractivity contribution in [1.82, 2.24) is 0 Å². The Morgan fingerprint density at radius 2 is 1.62 bits per heavy atom. The van der Waals surface area contributed by atoms with E-state index in [-0.39, 0.29) is 5.41 Å². The minimum atomic E-state index is 0.258. The summed E-state index contributed by atoms with van der Waals surface area (Å²) in [6.45, 7) is 14.0. The van der Waals surface area contributed by atoms with E-state index in [4.69, 9.17) is 5.11 Å². The van der Waals surface area contributed by atoms with Crippen molar-refractivity contribution in [3.63, 3.8) is 0 Å². The Morgan fingerprint density at radius 3 is 2.00 bits per heavy atom. The van der Waals surface area contributed by atoms with E-state index in [1.807, 2.05) is 13.8 Å². The monoisotopic (exact) mass is 394 g/mol. The lowest BCUT2D eigenvalue weighted by Crippen LogP contribution is -2.30. The molecule has 1 N–H and O–H groups in total. The minimum absolute atomic E-state index is 0.258. The van der Waals surface area contributed by atoms with Gasteiger partial charge in [0, 0.05) is 9.89 Å². The third-order valence-electron chi connectivity index (χ3n) is 4.63. The maximum atomic E-state index is 8.22. The lowest BCUT2D eigenvalue weighted by Gasteiger charge is -2.39. The fourth-order valence-electron chi connectivity index (χ4n) is 3.11. The second kappa shape index (κ2) is 12.4. The third-order valence-corrected chi connectivity index (χ3v) is 5.15. The molecule has 2 rings (SSSR count). The van der Waals surface area contributed by atoms with Gasteiger partial charge in [-0.25, -0.2) is 0 Å². The molecule has 1 fully saturated rings. The highest BCUT2D eigenvalue weighted by Gasteiger charge is 2.35. The molecule has 0 aliphatic heterocycles. The van der Waals surface area contributed by atoms with Crippen LogP contribution in [0.3, 0.4) is 0 Å². The van der Waals surface area contributed by atoms with Gasteiger partial charge in [0.2, 0.25) is 0 Å². The maximum Gasteiger partial charge on any atom is 0.0849 e. The van der Waals surface area contributed by atoms with Gasteiger partial charge in [-0.3, -0.25) is 0 Å². The molecule has 1 aromatic rings. The summed E-state index contributed by atoms with van der Waals surface area (Å²) in [4.78, 5) is 0. The predicted octanol–water partition coefficient (Wildman–Crippen LogP) is 8.11. The summed E-state index contributed by atoms with van der Waals surface area (Å²) in [6, 6.07) is 8.87. The average Bonchev–Trinajstić information content (AvgIpc) is 2.64. The molecule has 0 saturated heterocycles. The second-order valence-corrected chi connectivity index (χ2v) is 6.95. The molecule has 0 aromatic heterocycles. The van der Waals surface area contributed by atoms with Gasteiger partial charge in [-0.1, -0.05) is 86.3 Å². The lowest BCUT2D eigenvalue weighted by atomic mass is 9.65. The summed E-state index contributed by atoms with van der Waals surface area (Å²) in [5.74, 6) is 0.380. The van der Waals surface area contributed by atoms with Crippen LogP contribution in [-0.2, 0) is 5.41 Å². The molecule has 0 radical (unpaired) electrons. The molecule has 24 heavy (non-hydrogen) atoms. The Labute approximate surface area is 158 Å². The first-order valence-electron chi connectivity index (χ1n) is 9.22. The van der Waals surface area contributed by atoms with Crippen molar-refractivity contribution in [2.24, 2.45) is 0 Å². The van der Waals surface area contributed by atoms with Crippen LogP contribution in [0.1, 0.15) is 78.7 Å². The van der Waals surface area contributed by atoms with Gasteiger partial charge in [0.1, 0.15) is 0 Å². The van der Waals surface area contributed by atoms with Crippen molar-refractivity contribution < 1.29 is 5.11 Å². The summed E-state index contributed by atoms with van der Waals surface area (Å²) in [7, 11) is 0. The molecule has 1 saturated carbocycles. The quantitative estimate of drug-likeness (QED) is 0.405. The van der Waals surface area contributed by atoms with Crippen LogP contribution in [0.4, 0.5) is 0 Å². The number of hydrogen-bond acceptors (Lipinski definition) is 1. The van der Waals surface area contributed by atoms with Crippen LogP contribution in [0.25, 0.3) is 0 Å². The number of hydrogen-bond donors (Lipinski definition) is 1. The Bertz CT molecular complexity index is 489. The van der Waals surface area contributed by atoms with E-state index >= 15 is 0 Å². The number of halogens is 1. The molecule has 0 amide bonds. The summed E-state index contributed by atoms with van der Waals surface area (Å²) >= 11 is 3.52. The van der Waals surface area contributed by atoms with E-state index in [1.54, 1.807) is 19.9 Å². The van der Waals surface area contributed by atoms with E-state index in [0.717, 1.165) is 10.9 Å². The molecule has 1 aromatic carbocycles. The first-order chi connectivity index (χ1) is 11.5. The van der Waals surface area contributed by atoms with Crippen molar-refractivity contribution in [2.45, 2.75) is 78.6 Å². The molecular weight excluding hydrogens is 360 g/mol. The van der Waals surface area contributed by atoms with Gasteiger partial charge in [-0.2, -0.15) is 0 Å². The van der Waals surface area contributed by atoms with Gasteiger partial charge >= 0.3 is 0 Å². The van der Waals surface area contributed by atoms with Crippen LogP contribution >= 0.6 is 15.9 Å². The zero-order chi connectivity index (χ0) is 18.6. The second-order valence-electron chi connectivity index (χ2n) is 6.04. The van der Waals surface area contributed by atoms with Gasteiger partial charge in [0.05, 0.1) is 5.76 Å². The van der Waals surface area contributed by atoms with Crippen LogP contribution < -0.4 is 0 Å². The molecule has 2 heteroatoms. The molecule has 0 bridgehead atoms. The number of aliphatic hydroxyl groups is 1. The molecular formula is C22H35BrO. The van der Waals surface area contributed by atoms with Crippen LogP contribution in [-0.4, -0.2) is 5.11 Å². The molecule has 0 atom stereocenters. The van der Waals surface area contributed by atoms with Gasteiger partial charge in [-0.05, 0) is 50.8 Å². The maximum absolute atomic E-state index is 8.22. The molecule has 1 aliphatic rings. The Hall–Kier alpha value is -1.02. The van der Waals surface area contributed by atoms with Crippen LogP contribution in [0.5, 0.6) is 0 Å².